The first-order valence-corrected chi connectivity index (χ1v) is 11.4. The highest BCUT2D eigenvalue weighted by atomic mass is 16.7. The fourth-order valence-corrected chi connectivity index (χ4v) is 4.14. The van der Waals surface area contributed by atoms with Gasteiger partial charge in [-0.3, -0.25) is 4.79 Å². The summed E-state index contributed by atoms with van der Waals surface area (Å²) in [6.07, 6.45) is 1.37. The average Bonchev–Trinajstić information content (AvgIpc) is 3.33. The summed E-state index contributed by atoms with van der Waals surface area (Å²) in [6.45, 7) is 2.28. The fourth-order valence-electron chi connectivity index (χ4n) is 4.14. The highest BCUT2D eigenvalue weighted by Crippen LogP contribution is 2.38. The number of carbonyl (C=O) groups is 2. The van der Waals surface area contributed by atoms with Crippen molar-refractivity contribution in [3.63, 3.8) is 0 Å². The molecule has 0 radical (unpaired) electrons. The molecule has 2 heterocycles. The Kier molecular flexibility index (Phi) is 7.24. The van der Waals surface area contributed by atoms with Crippen LogP contribution >= 0.6 is 0 Å². The summed E-state index contributed by atoms with van der Waals surface area (Å²) in [5.41, 5.74) is 2.56. The monoisotopic (exact) mass is 479 g/mol. The Balaban J connectivity index is 1.58. The van der Waals surface area contributed by atoms with Crippen LogP contribution in [0.5, 0.6) is 11.5 Å². The van der Waals surface area contributed by atoms with E-state index in [4.69, 9.17) is 23.7 Å². The SMILES string of the molecule is COc1ccc(-c2nc(C3CCN(C(=O)N(C)OC(C)=O)CC3)oc2-c2ccc(OC)cc2)cc1. The van der Waals surface area contributed by atoms with Gasteiger partial charge in [-0.1, -0.05) is 0 Å². The number of amides is 2. The van der Waals surface area contributed by atoms with Crippen LogP contribution in [0.3, 0.4) is 0 Å². The van der Waals surface area contributed by atoms with E-state index in [-0.39, 0.29) is 11.9 Å². The number of urea groups is 1. The number of piperidine rings is 1. The maximum absolute atomic E-state index is 12.5. The Morgan fingerprint density at radius 1 is 0.943 bits per heavy atom. The molecule has 2 amide bonds. The van der Waals surface area contributed by atoms with Gasteiger partial charge < -0.3 is 23.6 Å². The lowest BCUT2D eigenvalue weighted by Gasteiger charge is -2.32. The molecule has 0 spiro atoms. The fraction of sp³-hybridized carbons (Fsp3) is 0.346. The number of ether oxygens (including phenoxy) is 2. The zero-order valence-electron chi connectivity index (χ0n) is 20.3. The third kappa shape index (κ3) is 5.40. The second-order valence-electron chi connectivity index (χ2n) is 8.31. The van der Waals surface area contributed by atoms with Crippen LogP contribution in [0.2, 0.25) is 0 Å². The van der Waals surface area contributed by atoms with Crippen LogP contribution < -0.4 is 9.47 Å². The van der Waals surface area contributed by atoms with Gasteiger partial charge in [0.25, 0.3) is 0 Å². The van der Waals surface area contributed by atoms with Crippen LogP contribution in [0.25, 0.3) is 22.6 Å². The number of rotatable bonds is 5. The third-order valence-electron chi connectivity index (χ3n) is 6.01. The number of hydroxylamine groups is 2. The molecule has 2 aromatic carbocycles. The van der Waals surface area contributed by atoms with E-state index in [0.717, 1.165) is 33.4 Å². The number of hydrogen-bond donors (Lipinski definition) is 0. The van der Waals surface area contributed by atoms with E-state index >= 15 is 0 Å². The number of nitrogens with zero attached hydrogens (tertiary/aromatic N) is 3. The molecule has 1 fully saturated rings. The predicted molar refractivity (Wildman–Crippen MR) is 129 cm³/mol. The maximum Gasteiger partial charge on any atom is 0.352 e. The van der Waals surface area contributed by atoms with Crippen LogP contribution in [0.4, 0.5) is 4.79 Å². The number of likely N-dealkylation sites (tertiary alicyclic amines) is 1. The number of hydrogen-bond acceptors (Lipinski definition) is 7. The molecule has 1 saturated heterocycles. The van der Waals surface area contributed by atoms with Crippen molar-refractivity contribution in [3.8, 4) is 34.1 Å². The predicted octanol–water partition coefficient (Wildman–Crippen LogP) is 4.74. The minimum Gasteiger partial charge on any atom is -0.497 e. The van der Waals surface area contributed by atoms with Gasteiger partial charge in [0.1, 0.15) is 17.2 Å². The van der Waals surface area contributed by atoms with Crippen LogP contribution in [0.1, 0.15) is 31.6 Å². The lowest BCUT2D eigenvalue weighted by atomic mass is 9.97. The highest BCUT2D eigenvalue weighted by molar-refractivity contribution is 5.78. The van der Waals surface area contributed by atoms with Gasteiger partial charge in [0.2, 0.25) is 0 Å². The standard InChI is InChI=1S/C26H29N3O6/c1-17(30)35-28(2)26(31)29-15-13-20(14-16-29)25-27-23(18-5-9-21(32-3)10-6-18)24(34-25)19-7-11-22(33-4)12-8-19/h5-12,20H,13-16H2,1-4H3. The second-order valence-corrected chi connectivity index (χ2v) is 8.31. The summed E-state index contributed by atoms with van der Waals surface area (Å²) < 4.78 is 16.9. The summed E-state index contributed by atoms with van der Waals surface area (Å²) in [6, 6.07) is 15.0. The van der Waals surface area contributed by atoms with Crippen molar-refractivity contribution in [2.24, 2.45) is 0 Å². The normalized spacial score (nSPS) is 13.9. The Labute approximate surface area is 204 Å². The van der Waals surface area contributed by atoms with Gasteiger partial charge in [-0.15, -0.1) is 0 Å². The molecular weight excluding hydrogens is 450 g/mol. The Morgan fingerprint density at radius 2 is 1.49 bits per heavy atom. The first-order chi connectivity index (χ1) is 16.9. The van der Waals surface area contributed by atoms with Crippen LogP contribution in [0, 0.1) is 0 Å². The molecular formula is C26H29N3O6. The summed E-state index contributed by atoms with van der Waals surface area (Å²) in [4.78, 5) is 35.1. The molecule has 184 valence electrons. The van der Waals surface area contributed by atoms with E-state index < -0.39 is 5.97 Å². The van der Waals surface area contributed by atoms with Gasteiger partial charge in [-0.2, -0.15) is 5.06 Å². The molecule has 1 aromatic heterocycles. The molecule has 1 aliphatic rings. The first kappa shape index (κ1) is 24.1. The molecule has 4 rings (SSSR count). The quantitative estimate of drug-likeness (QED) is 0.488. The number of methoxy groups -OCH3 is 2. The van der Waals surface area contributed by atoms with Gasteiger partial charge in [0.15, 0.2) is 11.7 Å². The lowest BCUT2D eigenvalue weighted by molar-refractivity contribution is -0.171. The zero-order chi connectivity index (χ0) is 24.9. The van der Waals surface area contributed by atoms with Crippen LogP contribution in [-0.4, -0.2) is 61.3 Å². The summed E-state index contributed by atoms with van der Waals surface area (Å²) in [5, 5.41) is 0.970. The van der Waals surface area contributed by atoms with Gasteiger partial charge >= 0.3 is 12.0 Å². The molecule has 0 atom stereocenters. The molecule has 0 saturated carbocycles. The van der Waals surface area contributed by atoms with E-state index in [1.165, 1.54) is 14.0 Å². The maximum atomic E-state index is 12.5. The molecule has 3 aromatic rings. The smallest absolute Gasteiger partial charge is 0.352 e. The van der Waals surface area contributed by atoms with Gasteiger partial charge in [-0.05, 0) is 61.4 Å². The molecule has 0 N–H and O–H groups in total. The molecule has 9 heteroatoms. The van der Waals surface area contributed by atoms with Crippen LogP contribution in [-0.2, 0) is 9.63 Å². The number of carbonyl (C=O) groups excluding carboxylic acids is 2. The second kappa shape index (κ2) is 10.5. The minimum absolute atomic E-state index is 0.0575. The Bertz CT molecular complexity index is 1100. The van der Waals surface area contributed by atoms with Crippen molar-refractivity contribution in [1.82, 2.24) is 14.9 Å². The van der Waals surface area contributed by atoms with E-state index in [1.54, 1.807) is 19.1 Å². The Hall–Kier alpha value is -4.01. The topological polar surface area (TPSA) is 94.3 Å². The lowest BCUT2D eigenvalue weighted by Crippen LogP contribution is -2.45. The van der Waals surface area contributed by atoms with Crippen LogP contribution in [0.15, 0.2) is 52.9 Å². The number of aromatic nitrogens is 1. The summed E-state index contributed by atoms with van der Waals surface area (Å²) >= 11 is 0. The third-order valence-corrected chi connectivity index (χ3v) is 6.01. The molecule has 9 nitrogen and oxygen atoms in total. The highest BCUT2D eigenvalue weighted by Gasteiger charge is 2.30. The first-order valence-electron chi connectivity index (χ1n) is 11.4. The molecule has 1 aliphatic heterocycles. The summed E-state index contributed by atoms with van der Waals surface area (Å²) in [5.74, 6) is 2.37. The summed E-state index contributed by atoms with van der Waals surface area (Å²) in [7, 11) is 4.70. The molecule has 35 heavy (non-hydrogen) atoms. The van der Waals surface area contributed by atoms with Crippen molar-refractivity contribution >= 4 is 12.0 Å². The van der Waals surface area contributed by atoms with Crippen molar-refractivity contribution in [2.75, 3.05) is 34.4 Å². The molecule has 0 bridgehead atoms. The molecule has 0 aliphatic carbocycles. The number of benzene rings is 2. The largest absolute Gasteiger partial charge is 0.497 e. The van der Waals surface area contributed by atoms with E-state index in [2.05, 4.69) is 0 Å². The minimum atomic E-state index is -0.535. The van der Waals surface area contributed by atoms with Gasteiger partial charge in [0, 0.05) is 37.1 Å². The van der Waals surface area contributed by atoms with E-state index in [0.29, 0.717) is 37.6 Å². The van der Waals surface area contributed by atoms with E-state index in [9.17, 15) is 9.59 Å². The van der Waals surface area contributed by atoms with Crippen molar-refractivity contribution in [1.29, 1.82) is 0 Å². The Morgan fingerprint density at radius 3 is 2.00 bits per heavy atom. The van der Waals surface area contributed by atoms with Gasteiger partial charge in [-0.25, -0.2) is 9.78 Å². The van der Waals surface area contributed by atoms with Crippen molar-refractivity contribution < 1.29 is 28.3 Å². The van der Waals surface area contributed by atoms with Crippen molar-refractivity contribution in [3.05, 3.63) is 54.4 Å². The van der Waals surface area contributed by atoms with Gasteiger partial charge in [0.05, 0.1) is 21.3 Å². The van der Waals surface area contributed by atoms with E-state index in [1.807, 2.05) is 48.5 Å². The number of oxazole rings is 1. The zero-order valence-corrected chi connectivity index (χ0v) is 20.3. The van der Waals surface area contributed by atoms with Crippen molar-refractivity contribution in [2.45, 2.75) is 25.7 Å². The average molecular weight is 480 g/mol. The molecule has 0 unspecified atom stereocenters.